The van der Waals surface area contributed by atoms with Crippen LogP contribution in [-0.4, -0.2) is 22.4 Å². The van der Waals surface area contributed by atoms with Crippen molar-refractivity contribution >= 4 is 57.1 Å². The van der Waals surface area contributed by atoms with Crippen molar-refractivity contribution in [2.75, 3.05) is 11.1 Å². The van der Waals surface area contributed by atoms with Crippen LogP contribution in [0.25, 0.3) is 0 Å². The summed E-state index contributed by atoms with van der Waals surface area (Å²) in [6.45, 7) is 1.94. The summed E-state index contributed by atoms with van der Waals surface area (Å²) >= 11 is 7.56. The van der Waals surface area contributed by atoms with Crippen molar-refractivity contribution in [3.05, 3.63) is 88.7 Å². The van der Waals surface area contributed by atoms with Gasteiger partial charge in [0, 0.05) is 6.42 Å². The SMILES string of the molecule is Cc1ccc(NC(=O)CSC2=Nc3ccccc3N=C(c3ccc(F)cc3)C2)c(Cl)c1. The van der Waals surface area contributed by atoms with Crippen LogP contribution in [0.4, 0.5) is 21.5 Å². The molecule has 0 unspecified atom stereocenters. The molecule has 0 fully saturated rings. The Hall–Kier alpha value is -2.96. The van der Waals surface area contributed by atoms with E-state index in [9.17, 15) is 9.18 Å². The molecule has 4 nitrogen and oxygen atoms in total. The number of nitrogens with zero attached hydrogens (tertiary/aromatic N) is 2. The van der Waals surface area contributed by atoms with E-state index in [1.54, 1.807) is 18.2 Å². The van der Waals surface area contributed by atoms with Gasteiger partial charge in [0.2, 0.25) is 5.91 Å². The molecule has 0 bridgehead atoms. The minimum absolute atomic E-state index is 0.170. The second kappa shape index (κ2) is 9.45. The first-order chi connectivity index (χ1) is 15.0. The van der Waals surface area contributed by atoms with Crippen molar-refractivity contribution in [2.45, 2.75) is 13.3 Å². The predicted molar refractivity (Wildman–Crippen MR) is 128 cm³/mol. The molecule has 31 heavy (non-hydrogen) atoms. The predicted octanol–water partition coefficient (Wildman–Crippen LogP) is 6.71. The van der Waals surface area contributed by atoms with Gasteiger partial charge in [-0.3, -0.25) is 9.79 Å². The normalized spacial score (nSPS) is 13.0. The minimum atomic E-state index is -0.298. The van der Waals surface area contributed by atoms with Crippen LogP contribution in [0, 0.1) is 12.7 Å². The molecule has 1 aliphatic rings. The Bertz CT molecular complexity index is 1190. The van der Waals surface area contributed by atoms with E-state index in [4.69, 9.17) is 21.6 Å². The number of amides is 1. The lowest BCUT2D eigenvalue weighted by Crippen LogP contribution is -2.16. The Morgan fingerprint density at radius 2 is 1.77 bits per heavy atom. The van der Waals surface area contributed by atoms with Crippen LogP contribution in [0.3, 0.4) is 0 Å². The minimum Gasteiger partial charge on any atom is -0.324 e. The molecule has 1 amide bonds. The number of anilines is 1. The largest absolute Gasteiger partial charge is 0.324 e. The highest BCUT2D eigenvalue weighted by molar-refractivity contribution is 8.14. The molecule has 156 valence electrons. The molecule has 0 spiro atoms. The maximum Gasteiger partial charge on any atom is 0.234 e. The third kappa shape index (κ3) is 5.40. The van der Waals surface area contributed by atoms with E-state index in [2.05, 4.69) is 5.32 Å². The average molecular weight is 452 g/mol. The van der Waals surface area contributed by atoms with Gasteiger partial charge in [-0.1, -0.05) is 41.9 Å². The molecular weight excluding hydrogens is 433 g/mol. The second-order valence-electron chi connectivity index (χ2n) is 7.06. The van der Waals surface area contributed by atoms with Gasteiger partial charge >= 0.3 is 0 Å². The first-order valence-corrected chi connectivity index (χ1v) is 11.0. The van der Waals surface area contributed by atoms with Gasteiger partial charge in [0.15, 0.2) is 0 Å². The van der Waals surface area contributed by atoms with E-state index in [-0.39, 0.29) is 17.5 Å². The Morgan fingerprint density at radius 1 is 1.06 bits per heavy atom. The van der Waals surface area contributed by atoms with Crippen LogP contribution in [0.5, 0.6) is 0 Å². The lowest BCUT2D eigenvalue weighted by molar-refractivity contribution is -0.113. The Labute approximate surface area is 189 Å². The maximum absolute atomic E-state index is 13.4. The average Bonchev–Trinajstić information content (AvgIpc) is 2.94. The molecule has 1 heterocycles. The highest BCUT2D eigenvalue weighted by atomic mass is 35.5. The van der Waals surface area contributed by atoms with E-state index in [0.717, 1.165) is 33.3 Å². The molecule has 0 aliphatic carbocycles. The van der Waals surface area contributed by atoms with Crippen LogP contribution in [0.2, 0.25) is 5.02 Å². The van der Waals surface area contributed by atoms with Gasteiger partial charge in [0.1, 0.15) is 5.82 Å². The number of fused-ring (bicyclic) bond motifs is 1. The maximum atomic E-state index is 13.4. The van der Waals surface area contributed by atoms with E-state index in [1.165, 1.54) is 23.9 Å². The Balaban J connectivity index is 1.52. The molecule has 4 rings (SSSR count). The third-order valence-corrected chi connectivity index (χ3v) is 5.94. The summed E-state index contributed by atoms with van der Waals surface area (Å²) in [5.74, 6) is -0.286. The summed E-state index contributed by atoms with van der Waals surface area (Å²) in [4.78, 5) is 22.0. The number of halogens is 2. The Kier molecular flexibility index (Phi) is 6.49. The molecule has 0 saturated heterocycles. The van der Waals surface area contributed by atoms with Crippen molar-refractivity contribution in [3.63, 3.8) is 0 Å². The van der Waals surface area contributed by atoms with Crippen molar-refractivity contribution in [1.29, 1.82) is 0 Å². The second-order valence-corrected chi connectivity index (χ2v) is 8.51. The molecule has 3 aromatic rings. The number of carbonyl (C=O) groups is 1. The van der Waals surface area contributed by atoms with Crippen LogP contribution < -0.4 is 5.32 Å². The Morgan fingerprint density at radius 3 is 2.48 bits per heavy atom. The zero-order valence-electron chi connectivity index (χ0n) is 16.7. The lowest BCUT2D eigenvalue weighted by atomic mass is 10.1. The molecule has 1 N–H and O–H groups in total. The number of rotatable bonds is 4. The third-order valence-electron chi connectivity index (χ3n) is 4.65. The van der Waals surface area contributed by atoms with Crippen molar-refractivity contribution < 1.29 is 9.18 Å². The van der Waals surface area contributed by atoms with Gasteiger partial charge in [0.05, 0.1) is 38.6 Å². The highest BCUT2D eigenvalue weighted by Gasteiger charge is 2.17. The summed E-state index contributed by atoms with van der Waals surface area (Å²) in [7, 11) is 0. The number of carbonyl (C=O) groups excluding carboxylic acids is 1. The molecule has 1 aliphatic heterocycles. The molecular formula is C24H19ClFN3OS. The van der Waals surface area contributed by atoms with Gasteiger partial charge in [-0.05, 0) is 54.4 Å². The fourth-order valence-electron chi connectivity index (χ4n) is 3.10. The summed E-state index contributed by atoms with van der Waals surface area (Å²) in [6, 6.07) is 19.3. The number of benzene rings is 3. The van der Waals surface area contributed by atoms with Gasteiger partial charge in [-0.15, -0.1) is 11.8 Å². The summed E-state index contributed by atoms with van der Waals surface area (Å²) < 4.78 is 13.4. The van der Waals surface area contributed by atoms with Crippen LogP contribution >= 0.6 is 23.4 Å². The van der Waals surface area contributed by atoms with E-state index in [0.29, 0.717) is 17.1 Å². The number of aliphatic imine (C=N–C) groups is 2. The molecule has 7 heteroatoms. The summed E-state index contributed by atoms with van der Waals surface area (Å²) in [5, 5.41) is 4.11. The fourth-order valence-corrected chi connectivity index (χ4v) is 4.16. The van der Waals surface area contributed by atoms with E-state index < -0.39 is 0 Å². The van der Waals surface area contributed by atoms with Gasteiger partial charge in [-0.25, -0.2) is 9.38 Å². The van der Waals surface area contributed by atoms with Crippen molar-refractivity contribution in [3.8, 4) is 0 Å². The molecule has 3 aromatic carbocycles. The highest BCUT2D eigenvalue weighted by Crippen LogP contribution is 2.33. The van der Waals surface area contributed by atoms with Gasteiger partial charge in [-0.2, -0.15) is 0 Å². The first kappa shape index (κ1) is 21.3. The fraction of sp³-hybridized carbons (Fsp3) is 0.125. The van der Waals surface area contributed by atoms with Crippen molar-refractivity contribution in [2.24, 2.45) is 9.98 Å². The standard InChI is InChI=1S/C24H19ClFN3OS/c1-15-6-11-19(18(25)12-15)28-23(30)14-31-24-13-22(16-7-9-17(26)10-8-16)27-20-4-2-3-5-21(20)29-24/h2-12H,13-14H2,1H3,(H,28,30). The van der Waals surface area contributed by atoms with Crippen LogP contribution in [0.1, 0.15) is 17.5 Å². The van der Waals surface area contributed by atoms with Gasteiger partial charge in [0.25, 0.3) is 0 Å². The van der Waals surface area contributed by atoms with Crippen molar-refractivity contribution in [1.82, 2.24) is 0 Å². The molecule has 0 saturated carbocycles. The zero-order chi connectivity index (χ0) is 21.8. The topological polar surface area (TPSA) is 53.8 Å². The molecule has 0 atom stereocenters. The smallest absolute Gasteiger partial charge is 0.234 e. The van der Waals surface area contributed by atoms with Crippen LogP contribution in [0.15, 0.2) is 76.7 Å². The number of nitrogens with one attached hydrogen (secondary N) is 1. The monoisotopic (exact) mass is 451 g/mol. The number of hydrogen-bond donors (Lipinski definition) is 1. The number of aryl methyl sites for hydroxylation is 1. The molecule has 0 radical (unpaired) electrons. The zero-order valence-corrected chi connectivity index (χ0v) is 18.3. The van der Waals surface area contributed by atoms with E-state index in [1.807, 2.05) is 43.3 Å². The van der Waals surface area contributed by atoms with Crippen LogP contribution in [-0.2, 0) is 4.79 Å². The number of para-hydroxylation sites is 2. The lowest BCUT2D eigenvalue weighted by Gasteiger charge is -2.09. The summed E-state index contributed by atoms with van der Waals surface area (Å²) in [6.07, 6.45) is 0.448. The number of thioether (sulfide) groups is 1. The first-order valence-electron chi connectivity index (χ1n) is 9.67. The summed E-state index contributed by atoms with van der Waals surface area (Å²) in [5.41, 5.74) is 4.69. The van der Waals surface area contributed by atoms with Gasteiger partial charge < -0.3 is 5.32 Å². The van der Waals surface area contributed by atoms with E-state index >= 15 is 0 Å². The number of hydrogen-bond acceptors (Lipinski definition) is 4. The quantitative estimate of drug-likeness (QED) is 0.479. The molecule has 0 aromatic heterocycles.